The fraction of sp³-hybridized carbons (Fsp3) is 0.412. The van der Waals surface area contributed by atoms with Gasteiger partial charge in [0.05, 0.1) is 11.6 Å². The molecular weight excluding hydrogens is 280 g/mol. The number of fused-ring (bicyclic) bond motifs is 1. The number of ether oxygens (including phenoxy) is 1. The van der Waals surface area contributed by atoms with Crippen LogP contribution in [0.25, 0.3) is 10.9 Å². The molecular formula is C17H20N2O3. The van der Waals surface area contributed by atoms with Crippen molar-refractivity contribution in [2.75, 3.05) is 13.2 Å². The SMILES string of the molecule is O=C(Cn1ccc(=O)c2ccccc21)NCC[C@H]1CCCO1. The molecule has 0 radical (unpaired) electrons. The number of carbonyl (C=O) groups is 1. The fourth-order valence-electron chi connectivity index (χ4n) is 2.85. The molecule has 1 aliphatic rings. The number of aromatic nitrogens is 1. The number of pyridine rings is 1. The number of hydrogen-bond donors (Lipinski definition) is 1. The number of nitrogens with zero attached hydrogens (tertiary/aromatic N) is 1. The first-order chi connectivity index (χ1) is 10.7. The predicted molar refractivity (Wildman–Crippen MR) is 84.8 cm³/mol. The van der Waals surface area contributed by atoms with Gasteiger partial charge in [-0.3, -0.25) is 9.59 Å². The topological polar surface area (TPSA) is 60.3 Å². The van der Waals surface area contributed by atoms with Crippen LogP contribution in [0, 0.1) is 0 Å². The Kier molecular flexibility index (Phi) is 4.53. The van der Waals surface area contributed by atoms with Crippen molar-refractivity contribution in [2.45, 2.75) is 31.9 Å². The number of nitrogens with one attached hydrogen (secondary N) is 1. The molecule has 1 aliphatic heterocycles. The van der Waals surface area contributed by atoms with Crippen molar-refractivity contribution in [3.8, 4) is 0 Å². The van der Waals surface area contributed by atoms with Gasteiger partial charge in [-0.2, -0.15) is 0 Å². The molecule has 1 aromatic heterocycles. The zero-order valence-electron chi connectivity index (χ0n) is 12.5. The molecule has 2 aromatic rings. The van der Waals surface area contributed by atoms with Gasteiger partial charge >= 0.3 is 0 Å². The van der Waals surface area contributed by atoms with E-state index >= 15 is 0 Å². The van der Waals surface area contributed by atoms with E-state index in [4.69, 9.17) is 4.74 Å². The van der Waals surface area contributed by atoms with Crippen molar-refractivity contribution in [3.63, 3.8) is 0 Å². The summed E-state index contributed by atoms with van der Waals surface area (Å²) < 4.78 is 7.34. The molecule has 0 saturated carbocycles. The minimum Gasteiger partial charge on any atom is -0.378 e. The number of hydrogen-bond acceptors (Lipinski definition) is 3. The fourth-order valence-corrected chi connectivity index (χ4v) is 2.85. The van der Waals surface area contributed by atoms with Crippen LogP contribution in [0.3, 0.4) is 0 Å². The lowest BCUT2D eigenvalue weighted by Crippen LogP contribution is -2.30. The molecule has 5 heteroatoms. The highest BCUT2D eigenvalue weighted by atomic mass is 16.5. The summed E-state index contributed by atoms with van der Waals surface area (Å²) in [5, 5.41) is 3.56. The zero-order chi connectivity index (χ0) is 15.4. The van der Waals surface area contributed by atoms with Gasteiger partial charge < -0.3 is 14.6 Å². The molecule has 0 aliphatic carbocycles. The third-order valence-corrected chi connectivity index (χ3v) is 4.01. The molecule has 1 atom stereocenters. The van der Waals surface area contributed by atoms with Gasteiger partial charge in [0, 0.05) is 30.8 Å². The first kappa shape index (κ1) is 14.8. The summed E-state index contributed by atoms with van der Waals surface area (Å²) in [7, 11) is 0. The Morgan fingerprint density at radius 1 is 1.32 bits per heavy atom. The van der Waals surface area contributed by atoms with Gasteiger partial charge in [0.25, 0.3) is 0 Å². The van der Waals surface area contributed by atoms with Gasteiger partial charge in [0.1, 0.15) is 6.54 Å². The Labute approximate surface area is 128 Å². The average molecular weight is 300 g/mol. The first-order valence-corrected chi connectivity index (χ1v) is 7.70. The third kappa shape index (κ3) is 3.36. The van der Waals surface area contributed by atoms with Crippen LogP contribution in [0.2, 0.25) is 0 Å². The smallest absolute Gasteiger partial charge is 0.239 e. The van der Waals surface area contributed by atoms with Crippen LogP contribution in [0.5, 0.6) is 0 Å². The second-order valence-electron chi connectivity index (χ2n) is 5.60. The summed E-state index contributed by atoms with van der Waals surface area (Å²) in [6, 6.07) is 8.84. The highest BCUT2D eigenvalue weighted by molar-refractivity contribution is 5.82. The van der Waals surface area contributed by atoms with E-state index in [2.05, 4.69) is 5.32 Å². The van der Waals surface area contributed by atoms with Crippen LogP contribution in [-0.4, -0.2) is 29.7 Å². The number of rotatable bonds is 5. The van der Waals surface area contributed by atoms with Crippen LogP contribution >= 0.6 is 0 Å². The Bertz CT molecular complexity index is 717. The van der Waals surface area contributed by atoms with E-state index in [9.17, 15) is 9.59 Å². The lowest BCUT2D eigenvalue weighted by atomic mass is 10.2. The summed E-state index contributed by atoms with van der Waals surface area (Å²) in [5.74, 6) is -0.0493. The quantitative estimate of drug-likeness (QED) is 0.914. The van der Waals surface area contributed by atoms with E-state index in [0.29, 0.717) is 11.9 Å². The molecule has 0 spiro atoms. The summed E-state index contributed by atoms with van der Waals surface area (Å²) in [6.07, 6.45) is 5.01. The van der Waals surface area contributed by atoms with Crippen LogP contribution in [0.15, 0.2) is 41.3 Å². The van der Waals surface area contributed by atoms with E-state index in [0.717, 1.165) is 31.4 Å². The highest BCUT2D eigenvalue weighted by Gasteiger charge is 2.15. The van der Waals surface area contributed by atoms with Crippen LogP contribution in [0.1, 0.15) is 19.3 Å². The van der Waals surface area contributed by atoms with E-state index in [1.165, 1.54) is 6.07 Å². The van der Waals surface area contributed by atoms with Crippen molar-refractivity contribution in [1.82, 2.24) is 9.88 Å². The van der Waals surface area contributed by atoms with Crippen LogP contribution in [-0.2, 0) is 16.1 Å². The minimum absolute atomic E-state index is 0.0226. The molecule has 1 saturated heterocycles. The van der Waals surface area contributed by atoms with Crippen molar-refractivity contribution in [1.29, 1.82) is 0 Å². The average Bonchev–Trinajstić information content (AvgIpc) is 3.04. The van der Waals surface area contributed by atoms with Gasteiger partial charge in [-0.1, -0.05) is 12.1 Å². The summed E-state index contributed by atoms with van der Waals surface area (Å²) in [6.45, 7) is 1.68. The highest BCUT2D eigenvalue weighted by Crippen LogP contribution is 2.14. The largest absolute Gasteiger partial charge is 0.378 e. The first-order valence-electron chi connectivity index (χ1n) is 7.70. The molecule has 1 fully saturated rings. The summed E-state index contributed by atoms with van der Waals surface area (Å²) in [5.41, 5.74) is 0.759. The monoisotopic (exact) mass is 300 g/mol. The molecule has 0 unspecified atom stereocenters. The van der Waals surface area contributed by atoms with Crippen molar-refractivity contribution in [3.05, 3.63) is 46.8 Å². The maximum absolute atomic E-state index is 12.1. The molecule has 1 N–H and O–H groups in total. The molecule has 5 nitrogen and oxygen atoms in total. The normalized spacial score (nSPS) is 17.7. The van der Waals surface area contributed by atoms with E-state index in [1.54, 1.807) is 16.8 Å². The predicted octanol–water partition coefficient (Wildman–Crippen LogP) is 1.69. The van der Waals surface area contributed by atoms with Gasteiger partial charge in [-0.15, -0.1) is 0 Å². The van der Waals surface area contributed by atoms with Crippen LogP contribution < -0.4 is 10.7 Å². The van der Waals surface area contributed by atoms with Gasteiger partial charge in [-0.05, 0) is 31.4 Å². The number of amides is 1. The minimum atomic E-state index is -0.0493. The molecule has 1 aromatic carbocycles. The van der Waals surface area contributed by atoms with Gasteiger partial charge in [-0.25, -0.2) is 0 Å². The maximum Gasteiger partial charge on any atom is 0.239 e. The number of carbonyl (C=O) groups excluding carboxylic acids is 1. The number of para-hydroxylation sites is 1. The summed E-state index contributed by atoms with van der Waals surface area (Å²) in [4.78, 5) is 23.9. The lowest BCUT2D eigenvalue weighted by molar-refractivity contribution is -0.121. The van der Waals surface area contributed by atoms with E-state index in [1.807, 2.05) is 18.2 Å². The van der Waals surface area contributed by atoms with Crippen LogP contribution in [0.4, 0.5) is 0 Å². The maximum atomic E-state index is 12.1. The lowest BCUT2D eigenvalue weighted by Gasteiger charge is -2.12. The molecule has 3 rings (SSSR count). The van der Waals surface area contributed by atoms with Gasteiger partial charge in [0.15, 0.2) is 5.43 Å². The second-order valence-corrected chi connectivity index (χ2v) is 5.60. The summed E-state index contributed by atoms with van der Waals surface area (Å²) >= 11 is 0. The van der Waals surface area contributed by atoms with E-state index in [-0.39, 0.29) is 24.0 Å². The molecule has 2 heterocycles. The molecule has 1 amide bonds. The van der Waals surface area contributed by atoms with Crippen molar-refractivity contribution in [2.24, 2.45) is 0 Å². The van der Waals surface area contributed by atoms with Crippen molar-refractivity contribution >= 4 is 16.8 Å². The Morgan fingerprint density at radius 3 is 3.00 bits per heavy atom. The van der Waals surface area contributed by atoms with Crippen molar-refractivity contribution < 1.29 is 9.53 Å². The molecule has 0 bridgehead atoms. The second kappa shape index (κ2) is 6.75. The molecule has 116 valence electrons. The number of benzene rings is 1. The Balaban J connectivity index is 1.61. The standard InChI is InChI=1S/C17H20N2O3/c20-16-8-10-19(15-6-2-1-5-14(15)16)12-17(21)18-9-7-13-4-3-11-22-13/h1-2,5-6,8,10,13H,3-4,7,9,11-12H2,(H,18,21)/t13-/m1/s1. The third-order valence-electron chi connectivity index (χ3n) is 4.01. The van der Waals surface area contributed by atoms with Gasteiger partial charge in [0.2, 0.25) is 5.91 Å². The Hall–Kier alpha value is -2.14. The zero-order valence-corrected chi connectivity index (χ0v) is 12.5. The molecule has 22 heavy (non-hydrogen) atoms. The Morgan fingerprint density at radius 2 is 2.18 bits per heavy atom. The van der Waals surface area contributed by atoms with E-state index < -0.39 is 0 Å².